The second-order valence-corrected chi connectivity index (χ2v) is 4.48. The quantitative estimate of drug-likeness (QED) is 0.349. The van der Waals surface area contributed by atoms with Crippen LogP contribution >= 0.6 is 11.8 Å². The minimum absolute atomic E-state index is 0.284. The Morgan fingerprint density at radius 1 is 1.24 bits per heavy atom. The van der Waals surface area contributed by atoms with Gasteiger partial charge in [-0.2, -0.15) is 0 Å². The minimum Gasteiger partial charge on any atom is -0.504 e. The van der Waals surface area contributed by atoms with E-state index in [0.717, 1.165) is 12.3 Å². The van der Waals surface area contributed by atoms with E-state index in [0.29, 0.717) is 17.9 Å². The van der Waals surface area contributed by atoms with Crippen molar-refractivity contribution >= 4 is 11.8 Å². The number of phenols is 3. The molecule has 17 heavy (non-hydrogen) atoms. The molecule has 0 amide bonds. The van der Waals surface area contributed by atoms with Gasteiger partial charge in [0.1, 0.15) is 0 Å². The lowest BCUT2D eigenvalue weighted by atomic mass is 10.1. The van der Waals surface area contributed by atoms with Crippen molar-refractivity contribution in [2.24, 2.45) is 0 Å². The molecule has 0 spiro atoms. The van der Waals surface area contributed by atoms with E-state index in [2.05, 4.69) is 11.2 Å². The van der Waals surface area contributed by atoms with E-state index in [1.54, 1.807) is 17.8 Å². The molecule has 0 aliphatic rings. The number of terminal acetylenes is 1. The van der Waals surface area contributed by atoms with Gasteiger partial charge in [-0.1, -0.05) is 12.0 Å². The van der Waals surface area contributed by atoms with Crippen LogP contribution in [0.25, 0.3) is 0 Å². The molecule has 0 radical (unpaired) electrons. The third-order valence-electron chi connectivity index (χ3n) is 2.14. The average Bonchev–Trinajstić information content (AvgIpc) is 2.33. The van der Waals surface area contributed by atoms with Crippen molar-refractivity contribution in [2.45, 2.75) is 6.54 Å². The topological polar surface area (TPSA) is 72.7 Å². The summed E-state index contributed by atoms with van der Waals surface area (Å²) in [5.74, 6) is 3.02. The second kappa shape index (κ2) is 6.94. The first-order chi connectivity index (χ1) is 8.16. The lowest BCUT2D eigenvalue weighted by Crippen LogP contribution is -2.16. The SMILES string of the molecule is C#CCSCCNCc1ccc(O)c(O)c1O. The summed E-state index contributed by atoms with van der Waals surface area (Å²) in [7, 11) is 0. The highest BCUT2D eigenvalue weighted by atomic mass is 32.2. The van der Waals surface area contributed by atoms with Gasteiger partial charge in [-0.15, -0.1) is 18.2 Å². The van der Waals surface area contributed by atoms with Crippen molar-refractivity contribution in [1.82, 2.24) is 5.32 Å². The molecule has 0 saturated carbocycles. The molecule has 0 aromatic heterocycles. The number of benzene rings is 1. The normalized spacial score (nSPS) is 10.1. The zero-order valence-corrected chi connectivity index (χ0v) is 10.1. The molecule has 1 rings (SSSR count). The molecule has 0 fully saturated rings. The van der Waals surface area contributed by atoms with Crippen molar-refractivity contribution in [3.8, 4) is 29.6 Å². The highest BCUT2D eigenvalue weighted by Crippen LogP contribution is 2.36. The summed E-state index contributed by atoms with van der Waals surface area (Å²) in [6, 6.07) is 2.91. The maximum absolute atomic E-state index is 9.54. The molecule has 92 valence electrons. The van der Waals surface area contributed by atoms with Crippen molar-refractivity contribution in [2.75, 3.05) is 18.1 Å². The molecule has 0 saturated heterocycles. The molecule has 0 aliphatic heterocycles. The van der Waals surface area contributed by atoms with Crippen LogP contribution in [0.4, 0.5) is 0 Å². The monoisotopic (exact) mass is 253 g/mol. The van der Waals surface area contributed by atoms with E-state index in [4.69, 9.17) is 11.5 Å². The van der Waals surface area contributed by atoms with Gasteiger partial charge in [-0.25, -0.2) is 0 Å². The molecule has 5 heteroatoms. The fourth-order valence-electron chi connectivity index (χ4n) is 1.25. The van der Waals surface area contributed by atoms with Crippen LogP contribution in [-0.2, 0) is 6.54 Å². The lowest BCUT2D eigenvalue weighted by Gasteiger charge is -2.08. The van der Waals surface area contributed by atoms with E-state index < -0.39 is 5.75 Å². The number of phenolic OH excluding ortho intramolecular Hbond substituents is 3. The zero-order chi connectivity index (χ0) is 12.7. The molecule has 1 aromatic carbocycles. The Hall–Kier alpha value is -1.51. The summed E-state index contributed by atoms with van der Waals surface area (Å²) < 4.78 is 0. The molecule has 0 bridgehead atoms. The van der Waals surface area contributed by atoms with Gasteiger partial charge < -0.3 is 20.6 Å². The summed E-state index contributed by atoms with van der Waals surface area (Å²) in [5, 5.41) is 31.1. The Morgan fingerprint density at radius 2 is 2.00 bits per heavy atom. The summed E-state index contributed by atoms with van der Waals surface area (Å²) in [6.07, 6.45) is 5.11. The van der Waals surface area contributed by atoms with E-state index in [9.17, 15) is 10.2 Å². The maximum atomic E-state index is 9.54. The van der Waals surface area contributed by atoms with Crippen molar-refractivity contribution in [3.05, 3.63) is 17.7 Å². The zero-order valence-electron chi connectivity index (χ0n) is 9.31. The van der Waals surface area contributed by atoms with E-state index in [1.165, 1.54) is 6.07 Å². The second-order valence-electron chi connectivity index (χ2n) is 3.37. The Kier molecular flexibility index (Phi) is 5.53. The number of rotatable bonds is 6. The lowest BCUT2D eigenvalue weighted by molar-refractivity contribution is 0.364. The summed E-state index contributed by atoms with van der Waals surface area (Å²) in [6.45, 7) is 1.18. The predicted molar refractivity (Wildman–Crippen MR) is 69.3 cm³/mol. The number of aromatic hydroxyl groups is 3. The van der Waals surface area contributed by atoms with Crippen LogP contribution in [0.3, 0.4) is 0 Å². The molecule has 0 atom stereocenters. The van der Waals surface area contributed by atoms with Crippen LogP contribution < -0.4 is 5.32 Å². The Bertz CT molecular complexity index is 415. The predicted octanol–water partition coefficient (Wildman–Crippen LogP) is 1.26. The van der Waals surface area contributed by atoms with Gasteiger partial charge in [0.05, 0.1) is 5.75 Å². The van der Waals surface area contributed by atoms with Gasteiger partial charge >= 0.3 is 0 Å². The molecule has 4 N–H and O–H groups in total. The average molecular weight is 253 g/mol. The Morgan fingerprint density at radius 3 is 2.71 bits per heavy atom. The van der Waals surface area contributed by atoms with Crippen molar-refractivity contribution in [3.63, 3.8) is 0 Å². The molecule has 0 heterocycles. The fourth-order valence-corrected chi connectivity index (χ4v) is 1.80. The molecule has 4 nitrogen and oxygen atoms in total. The first-order valence-corrected chi connectivity index (χ1v) is 6.27. The largest absolute Gasteiger partial charge is 0.504 e. The van der Waals surface area contributed by atoms with E-state index >= 15 is 0 Å². The van der Waals surface area contributed by atoms with E-state index in [1.807, 2.05) is 0 Å². The van der Waals surface area contributed by atoms with Gasteiger partial charge in [0, 0.05) is 24.4 Å². The highest BCUT2D eigenvalue weighted by molar-refractivity contribution is 7.99. The van der Waals surface area contributed by atoms with Crippen LogP contribution in [0.15, 0.2) is 12.1 Å². The molecule has 1 aromatic rings. The molecule has 0 unspecified atom stereocenters. The van der Waals surface area contributed by atoms with Crippen LogP contribution in [0.1, 0.15) is 5.56 Å². The van der Waals surface area contributed by atoms with E-state index in [-0.39, 0.29) is 11.5 Å². The minimum atomic E-state index is -0.481. The highest BCUT2D eigenvalue weighted by Gasteiger charge is 2.09. The standard InChI is InChI=1S/C12H15NO3S/c1-2-6-17-7-5-13-8-9-3-4-10(14)12(16)11(9)15/h1,3-4,13-16H,5-8H2. The van der Waals surface area contributed by atoms with Crippen LogP contribution in [-0.4, -0.2) is 33.4 Å². The number of hydrogen-bond donors (Lipinski definition) is 4. The number of thioether (sulfide) groups is 1. The summed E-state index contributed by atoms with van der Waals surface area (Å²) in [5.41, 5.74) is 0.544. The summed E-state index contributed by atoms with van der Waals surface area (Å²) in [4.78, 5) is 0. The summed E-state index contributed by atoms with van der Waals surface area (Å²) >= 11 is 1.65. The third kappa shape index (κ3) is 4.10. The van der Waals surface area contributed by atoms with Gasteiger partial charge in [0.15, 0.2) is 11.5 Å². The first kappa shape index (κ1) is 13.6. The fraction of sp³-hybridized carbons (Fsp3) is 0.333. The van der Waals surface area contributed by atoms with Crippen LogP contribution in [0.2, 0.25) is 0 Å². The Balaban J connectivity index is 2.38. The van der Waals surface area contributed by atoms with Crippen molar-refractivity contribution in [1.29, 1.82) is 0 Å². The number of hydrogen-bond acceptors (Lipinski definition) is 5. The van der Waals surface area contributed by atoms with Crippen LogP contribution in [0, 0.1) is 12.3 Å². The Labute approximate surface area is 105 Å². The smallest absolute Gasteiger partial charge is 0.200 e. The molecule has 0 aliphatic carbocycles. The van der Waals surface area contributed by atoms with Crippen LogP contribution in [0.5, 0.6) is 17.2 Å². The van der Waals surface area contributed by atoms with Gasteiger partial charge in [0.2, 0.25) is 5.75 Å². The van der Waals surface area contributed by atoms with Crippen molar-refractivity contribution < 1.29 is 15.3 Å². The molecular weight excluding hydrogens is 238 g/mol. The maximum Gasteiger partial charge on any atom is 0.200 e. The van der Waals surface area contributed by atoms with Gasteiger partial charge in [0.25, 0.3) is 0 Å². The first-order valence-electron chi connectivity index (χ1n) is 5.11. The van der Waals surface area contributed by atoms with Gasteiger partial charge in [-0.05, 0) is 6.07 Å². The number of nitrogens with one attached hydrogen (secondary N) is 1. The van der Waals surface area contributed by atoms with Gasteiger partial charge in [-0.3, -0.25) is 0 Å². The molecular formula is C12H15NO3S. The third-order valence-corrected chi connectivity index (χ3v) is 3.00.